The summed E-state index contributed by atoms with van der Waals surface area (Å²) in [6.45, 7) is 0. The zero-order valence-corrected chi connectivity index (χ0v) is 8.01. The van der Waals surface area contributed by atoms with Crippen molar-refractivity contribution in [1.29, 1.82) is 0 Å². The second-order valence-electron chi connectivity index (χ2n) is 2.86. The second-order valence-corrected chi connectivity index (χ2v) is 2.86. The van der Waals surface area contributed by atoms with Crippen LogP contribution in [0.5, 0.6) is 0 Å². The number of aliphatic carboxylic acids is 1. The summed E-state index contributed by atoms with van der Waals surface area (Å²) in [6, 6.07) is 5.75. The van der Waals surface area contributed by atoms with E-state index in [1.807, 2.05) is 0 Å². The third kappa shape index (κ3) is 2.78. The summed E-state index contributed by atoms with van der Waals surface area (Å²) >= 11 is 0. The van der Waals surface area contributed by atoms with Crippen molar-refractivity contribution in [3.8, 4) is 0 Å². The highest BCUT2D eigenvalue weighted by molar-refractivity contribution is 6.37. The monoisotopic (exact) mass is 218 g/mol. The molecule has 0 spiro atoms. The lowest BCUT2D eigenvalue weighted by Crippen LogP contribution is -2.30. The predicted molar refractivity (Wildman–Crippen MR) is 49.8 cm³/mol. The van der Waals surface area contributed by atoms with Gasteiger partial charge in [0.05, 0.1) is 5.97 Å². The minimum atomic E-state index is -1.85. The first-order valence-corrected chi connectivity index (χ1v) is 4.26. The summed E-state index contributed by atoms with van der Waals surface area (Å²) in [7, 11) is 0. The van der Waals surface area contributed by atoms with Crippen LogP contribution in [-0.4, -0.2) is 17.7 Å². The number of carbonyl (C=O) groups is 3. The molecule has 5 nitrogen and oxygen atoms in total. The number of aromatic carboxylic acids is 1. The molecule has 0 unspecified atom stereocenters. The first-order valence-electron chi connectivity index (χ1n) is 4.26. The van der Waals surface area contributed by atoms with E-state index in [1.54, 1.807) is 6.07 Å². The van der Waals surface area contributed by atoms with Gasteiger partial charge in [0.1, 0.15) is 5.97 Å². The Hall–Kier alpha value is -2.43. The van der Waals surface area contributed by atoms with Gasteiger partial charge in [-0.15, -0.1) is 0 Å². The van der Waals surface area contributed by atoms with Crippen molar-refractivity contribution in [1.82, 2.24) is 0 Å². The van der Waals surface area contributed by atoms with Crippen molar-refractivity contribution in [3.63, 3.8) is 0 Å². The van der Waals surface area contributed by atoms with Gasteiger partial charge in [-0.2, -0.15) is 0 Å². The maximum atomic E-state index is 10.7. The molecule has 0 aliphatic rings. The van der Waals surface area contributed by atoms with Gasteiger partial charge in [-0.25, -0.2) is 0 Å². The van der Waals surface area contributed by atoms with Crippen molar-refractivity contribution in [3.05, 3.63) is 41.5 Å². The maximum Gasteiger partial charge on any atom is 0.201 e. The van der Waals surface area contributed by atoms with Crippen LogP contribution in [0, 0.1) is 0 Å². The molecular formula is C11H6O5-2. The van der Waals surface area contributed by atoms with E-state index in [2.05, 4.69) is 0 Å². The Morgan fingerprint density at radius 1 is 1.06 bits per heavy atom. The van der Waals surface area contributed by atoms with Crippen LogP contribution < -0.4 is 10.2 Å². The van der Waals surface area contributed by atoms with E-state index in [4.69, 9.17) is 0 Å². The van der Waals surface area contributed by atoms with Crippen molar-refractivity contribution in [2.75, 3.05) is 0 Å². The topological polar surface area (TPSA) is 97.3 Å². The van der Waals surface area contributed by atoms with Crippen molar-refractivity contribution in [2.24, 2.45) is 0 Å². The Morgan fingerprint density at radius 2 is 1.69 bits per heavy atom. The predicted octanol–water partition coefficient (Wildman–Crippen LogP) is -1.62. The SMILES string of the molecule is O=C([O-])C(=O)/C=C\c1ccccc1C(=O)[O-]. The molecule has 0 atom stereocenters. The molecule has 0 saturated heterocycles. The van der Waals surface area contributed by atoms with Crippen LogP contribution in [0.15, 0.2) is 30.3 Å². The van der Waals surface area contributed by atoms with E-state index >= 15 is 0 Å². The molecule has 0 N–H and O–H groups in total. The van der Waals surface area contributed by atoms with Gasteiger partial charge in [0.25, 0.3) is 0 Å². The zero-order valence-electron chi connectivity index (χ0n) is 8.01. The average molecular weight is 218 g/mol. The molecule has 1 aromatic carbocycles. The molecule has 1 aromatic rings. The number of carbonyl (C=O) groups excluding carboxylic acids is 3. The summed E-state index contributed by atoms with van der Waals surface area (Å²) in [6.07, 6.45) is 1.82. The van der Waals surface area contributed by atoms with E-state index in [0.717, 1.165) is 12.2 Å². The highest BCUT2D eigenvalue weighted by Gasteiger charge is 2.00. The number of rotatable bonds is 4. The molecule has 0 radical (unpaired) electrons. The van der Waals surface area contributed by atoms with Crippen molar-refractivity contribution in [2.45, 2.75) is 0 Å². The van der Waals surface area contributed by atoms with E-state index in [0.29, 0.717) is 0 Å². The lowest BCUT2D eigenvalue weighted by atomic mass is 10.1. The normalized spacial score (nSPS) is 10.2. The Kier molecular flexibility index (Phi) is 3.55. The smallest absolute Gasteiger partial charge is 0.201 e. The van der Waals surface area contributed by atoms with Gasteiger partial charge in [-0.05, 0) is 11.6 Å². The van der Waals surface area contributed by atoms with Crippen LogP contribution in [0.4, 0.5) is 0 Å². The number of carboxylic acid groups (broad SMARTS) is 2. The molecule has 0 bridgehead atoms. The number of ketones is 1. The molecule has 0 aliphatic heterocycles. The fraction of sp³-hybridized carbons (Fsp3) is 0. The molecule has 5 heteroatoms. The summed E-state index contributed by atoms with van der Waals surface area (Å²) in [5, 5.41) is 20.7. The van der Waals surface area contributed by atoms with Gasteiger partial charge in [-0.3, -0.25) is 4.79 Å². The molecule has 82 valence electrons. The molecule has 0 heterocycles. The molecule has 0 saturated carbocycles. The second kappa shape index (κ2) is 4.88. The van der Waals surface area contributed by atoms with Gasteiger partial charge >= 0.3 is 0 Å². The Balaban J connectivity index is 3.02. The lowest BCUT2D eigenvalue weighted by molar-refractivity contribution is -0.299. The maximum absolute atomic E-state index is 10.7. The summed E-state index contributed by atoms with van der Waals surface area (Å²) in [5.74, 6) is -4.48. The van der Waals surface area contributed by atoms with Gasteiger partial charge in [-0.1, -0.05) is 30.3 Å². The first kappa shape index (κ1) is 11.6. The first-order chi connectivity index (χ1) is 7.52. The Labute approximate surface area is 90.6 Å². The van der Waals surface area contributed by atoms with Crippen LogP contribution in [0.1, 0.15) is 15.9 Å². The van der Waals surface area contributed by atoms with Crippen molar-refractivity contribution >= 4 is 23.8 Å². The minimum absolute atomic E-state index is 0.120. The number of carboxylic acids is 2. The lowest BCUT2D eigenvalue weighted by Gasteiger charge is -2.05. The molecule has 0 aromatic heterocycles. The highest BCUT2D eigenvalue weighted by Crippen LogP contribution is 2.09. The van der Waals surface area contributed by atoms with Gasteiger partial charge in [0, 0.05) is 5.56 Å². The molecule has 0 aliphatic carbocycles. The number of hydrogen-bond acceptors (Lipinski definition) is 5. The van der Waals surface area contributed by atoms with Crippen molar-refractivity contribution < 1.29 is 24.6 Å². The van der Waals surface area contributed by atoms with Crippen LogP contribution in [0.3, 0.4) is 0 Å². The summed E-state index contributed by atoms with van der Waals surface area (Å²) < 4.78 is 0. The largest absolute Gasteiger partial charge is 0.545 e. The highest BCUT2D eigenvalue weighted by atomic mass is 16.4. The van der Waals surface area contributed by atoms with Crippen LogP contribution in [0.2, 0.25) is 0 Å². The fourth-order valence-electron chi connectivity index (χ4n) is 1.06. The standard InChI is InChI=1S/C11H8O5/c12-9(11(15)16)6-5-7-3-1-2-4-8(7)10(13)14/h1-6H,(H,13,14)(H,15,16)/p-2/b6-5-. The summed E-state index contributed by atoms with van der Waals surface area (Å²) in [5.41, 5.74) is 0.0713. The van der Waals surface area contributed by atoms with Gasteiger partial charge in [0.2, 0.25) is 5.78 Å². The average Bonchev–Trinajstić information content (AvgIpc) is 2.25. The zero-order chi connectivity index (χ0) is 12.1. The van der Waals surface area contributed by atoms with Crippen LogP contribution >= 0.6 is 0 Å². The summed E-state index contributed by atoms with van der Waals surface area (Å²) in [4.78, 5) is 31.4. The molecule has 0 amide bonds. The minimum Gasteiger partial charge on any atom is -0.545 e. The van der Waals surface area contributed by atoms with Gasteiger partial charge < -0.3 is 19.8 Å². The van der Waals surface area contributed by atoms with E-state index in [-0.39, 0.29) is 11.1 Å². The Morgan fingerprint density at radius 3 is 2.25 bits per heavy atom. The number of benzene rings is 1. The van der Waals surface area contributed by atoms with Crippen LogP contribution in [-0.2, 0) is 9.59 Å². The quantitative estimate of drug-likeness (QED) is 0.447. The number of hydrogen-bond donors (Lipinski definition) is 0. The fourth-order valence-corrected chi connectivity index (χ4v) is 1.06. The van der Waals surface area contributed by atoms with Crippen LogP contribution in [0.25, 0.3) is 6.08 Å². The molecular weight excluding hydrogens is 212 g/mol. The molecule has 0 fully saturated rings. The van der Waals surface area contributed by atoms with E-state index in [9.17, 15) is 24.6 Å². The van der Waals surface area contributed by atoms with E-state index in [1.165, 1.54) is 18.2 Å². The van der Waals surface area contributed by atoms with Gasteiger partial charge in [0.15, 0.2) is 0 Å². The molecule has 16 heavy (non-hydrogen) atoms. The molecule has 1 rings (SSSR count). The van der Waals surface area contributed by atoms with E-state index < -0.39 is 17.7 Å². The third-order valence-electron chi connectivity index (χ3n) is 1.80. The third-order valence-corrected chi connectivity index (χ3v) is 1.80. The Bertz CT molecular complexity index is 473.